The van der Waals surface area contributed by atoms with Crippen LogP contribution >= 0.6 is 0 Å². The van der Waals surface area contributed by atoms with Crippen molar-refractivity contribution in [2.75, 3.05) is 0 Å². The van der Waals surface area contributed by atoms with Crippen molar-refractivity contribution in [3.8, 4) is 11.4 Å². The number of primary amides is 1. The molecule has 0 spiro atoms. The van der Waals surface area contributed by atoms with Crippen molar-refractivity contribution in [1.82, 2.24) is 24.7 Å². The van der Waals surface area contributed by atoms with Gasteiger partial charge in [-0.2, -0.15) is 5.10 Å². The molecule has 1 amide bonds. The minimum absolute atomic E-state index is 0.0540. The number of nitrogens with zero attached hydrogens (tertiary/aromatic N) is 4. The van der Waals surface area contributed by atoms with E-state index in [0.717, 1.165) is 12.8 Å². The lowest BCUT2D eigenvalue weighted by Crippen LogP contribution is -2.16. The number of carbonyl (C=O) groups is 1. The van der Waals surface area contributed by atoms with Crippen molar-refractivity contribution < 1.29 is 4.79 Å². The number of H-pyrrole nitrogens is 1. The first-order valence-electron chi connectivity index (χ1n) is 7.74. The fourth-order valence-electron chi connectivity index (χ4n) is 2.14. The van der Waals surface area contributed by atoms with Crippen LogP contribution in [0, 0.1) is 0 Å². The van der Waals surface area contributed by atoms with Gasteiger partial charge < -0.3 is 10.7 Å². The van der Waals surface area contributed by atoms with Crippen molar-refractivity contribution in [1.29, 1.82) is 0 Å². The first-order chi connectivity index (χ1) is 10.9. The van der Waals surface area contributed by atoms with Gasteiger partial charge in [-0.15, -0.1) is 0 Å². The summed E-state index contributed by atoms with van der Waals surface area (Å²) < 4.78 is 1.64. The van der Waals surface area contributed by atoms with E-state index in [1.54, 1.807) is 4.68 Å². The van der Waals surface area contributed by atoms with Crippen LogP contribution in [0.3, 0.4) is 0 Å². The van der Waals surface area contributed by atoms with Crippen LogP contribution in [0.4, 0.5) is 0 Å². The van der Waals surface area contributed by atoms with Gasteiger partial charge in [-0.05, 0) is 6.42 Å². The first kappa shape index (κ1) is 16.9. The van der Waals surface area contributed by atoms with E-state index < -0.39 is 5.91 Å². The van der Waals surface area contributed by atoms with Crippen molar-refractivity contribution in [3.63, 3.8) is 0 Å². The molecule has 0 bridgehead atoms. The number of hydrogen-bond acceptors (Lipinski definition) is 5. The molecule has 0 unspecified atom stereocenters. The standard InChI is InChI=1S/C15H22N6O2/c1-4-5-6-21-14(18-12(20-21)7-11(16)22)10-8-17-13(9(2)3)19-15(10)23/h8-9H,4-7H2,1-3H3,(H2,16,22)(H,17,19,23). The average Bonchev–Trinajstić information content (AvgIpc) is 2.86. The van der Waals surface area contributed by atoms with Crippen LogP contribution in [0.15, 0.2) is 11.0 Å². The van der Waals surface area contributed by atoms with E-state index in [1.165, 1.54) is 6.20 Å². The van der Waals surface area contributed by atoms with E-state index in [1.807, 2.05) is 13.8 Å². The lowest BCUT2D eigenvalue weighted by Gasteiger charge is -2.06. The molecule has 0 aliphatic carbocycles. The number of aromatic nitrogens is 5. The number of rotatable bonds is 7. The maximum absolute atomic E-state index is 12.3. The quantitative estimate of drug-likeness (QED) is 0.788. The smallest absolute Gasteiger partial charge is 0.261 e. The number of aromatic amines is 1. The third-order valence-electron chi connectivity index (χ3n) is 3.38. The molecule has 2 rings (SSSR count). The van der Waals surface area contributed by atoms with Gasteiger partial charge in [0.15, 0.2) is 11.6 Å². The third kappa shape index (κ3) is 4.02. The minimum atomic E-state index is -0.508. The van der Waals surface area contributed by atoms with Crippen molar-refractivity contribution in [2.24, 2.45) is 5.73 Å². The Morgan fingerprint density at radius 1 is 1.43 bits per heavy atom. The Balaban J connectivity index is 2.45. The summed E-state index contributed by atoms with van der Waals surface area (Å²) in [6.45, 7) is 6.58. The largest absolute Gasteiger partial charge is 0.369 e. The molecule has 2 heterocycles. The normalized spacial score (nSPS) is 11.1. The van der Waals surface area contributed by atoms with Gasteiger partial charge in [-0.25, -0.2) is 14.6 Å². The molecule has 0 aromatic carbocycles. The summed E-state index contributed by atoms with van der Waals surface area (Å²) in [6, 6.07) is 0. The molecule has 23 heavy (non-hydrogen) atoms. The van der Waals surface area contributed by atoms with Gasteiger partial charge in [0.25, 0.3) is 5.56 Å². The van der Waals surface area contributed by atoms with E-state index in [9.17, 15) is 9.59 Å². The summed E-state index contributed by atoms with van der Waals surface area (Å²) in [6.07, 6.45) is 3.32. The zero-order valence-electron chi connectivity index (χ0n) is 13.7. The third-order valence-corrected chi connectivity index (χ3v) is 3.38. The predicted molar refractivity (Wildman–Crippen MR) is 85.8 cm³/mol. The van der Waals surface area contributed by atoms with E-state index in [4.69, 9.17) is 5.73 Å². The van der Waals surface area contributed by atoms with Crippen LogP contribution in [0.1, 0.15) is 51.2 Å². The molecule has 0 fully saturated rings. The molecule has 124 valence electrons. The molecule has 8 heteroatoms. The van der Waals surface area contributed by atoms with E-state index >= 15 is 0 Å². The second kappa shape index (κ2) is 7.17. The van der Waals surface area contributed by atoms with Gasteiger partial charge >= 0.3 is 0 Å². The molecule has 2 aromatic rings. The molecule has 0 radical (unpaired) electrons. The molecule has 0 saturated heterocycles. The summed E-state index contributed by atoms with van der Waals surface area (Å²) >= 11 is 0. The van der Waals surface area contributed by atoms with Crippen molar-refractivity contribution in [2.45, 2.75) is 52.5 Å². The molecular weight excluding hydrogens is 296 g/mol. The number of nitrogens with one attached hydrogen (secondary N) is 1. The topological polar surface area (TPSA) is 120 Å². The van der Waals surface area contributed by atoms with Gasteiger partial charge in [0.1, 0.15) is 11.4 Å². The van der Waals surface area contributed by atoms with Crippen LogP contribution in [0.25, 0.3) is 11.4 Å². The molecule has 3 N–H and O–H groups in total. The maximum atomic E-state index is 12.3. The van der Waals surface area contributed by atoms with Gasteiger partial charge in [0.05, 0.1) is 6.42 Å². The Labute approximate surface area is 134 Å². The molecule has 0 aliphatic heterocycles. The second-order valence-corrected chi connectivity index (χ2v) is 5.74. The van der Waals surface area contributed by atoms with E-state index in [-0.39, 0.29) is 17.9 Å². The molecule has 8 nitrogen and oxygen atoms in total. The summed E-state index contributed by atoms with van der Waals surface area (Å²) in [7, 11) is 0. The van der Waals surface area contributed by atoms with Crippen molar-refractivity contribution in [3.05, 3.63) is 28.2 Å². The first-order valence-corrected chi connectivity index (χ1v) is 7.74. The highest BCUT2D eigenvalue weighted by Gasteiger charge is 2.17. The summed E-state index contributed by atoms with van der Waals surface area (Å²) in [5, 5.41) is 4.29. The van der Waals surface area contributed by atoms with Crippen LogP contribution in [0.5, 0.6) is 0 Å². The summed E-state index contributed by atoms with van der Waals surface area (Å²) in [5.41, 5.74) is 5.27. The van der Waals surface area contributed by atoms with Crippen LogP contribution in [0.2, 0.25) is 0 Å². The van der Waals surface area contributed by atoms with Crippen molar-refractivity contribution >= 4 is 5.91 Å². The van der Waals surface area contributed by atoms with Crippen LogP contribution in [-0.4, -0.2) is 30.6 Å². The number of aryl methyl sites for hydroxylation is 1. The van der Waals surface area contributed by atoms with Gasteiger partial charge in [0.2, 0.25) is 5.91 Å². The lowest BCUT2D eigenvalue weighted by atomic mass is 10.2. The van der Waals surface area contributed by atoms with Crippen LogP contribution < -0.4 is 11.3 Å². The Hall–Kier alpha value is -2.51. The average molecular weight is 318 g/mol. The second-order valence-electron chi connectivity index (χ2n) is 5.74. The lowest BCUT2D eigenvalue weighted by molar-refractivity contribution is -0.117. The molecule has 0 aliphatic rings. The highest BCUT2D eigenvalue weighted by Crippen LogP contribution is 2.15. The van der Waals surface area contributed by atoms with E-state index in [0.29, 0.717) is 29.6 Å². The van der Waals surface area contributed by atoms with Gasteiger partial charge in [-0.1, -0.05) is 27.2 Å². The predicted octanol–water partition coefficient (Wildman–Crippen LogP) is 0.980. The van der Waals surface area contributed by atoms with Gasteiger partial charge in [-0.3, -0.25) is 9.59 Å². The number of amides is 1. The maximum Gasteiger partial charge on any atom is 0.261 e. The number of carbonyl (C=O) groups excluding carboxylic acids is 1. The highest BCUT2D eigenvalue weighted by molar-refractivity contribution is 5.75. The molecule has 0 saturated carbocycles. The monoisotopic (exact) mass is 318 g/mol. The molecular formula is C15H22N6O2. The summed E-state index contributed by atoms with van der Waals surface area (Å²) in [4.78, 5) is 34.8. The fraction of sp³-hybridized carbons (Fsp3) is 0.533. The number of unbranched alkanes of at least 4 members (excludes halogenated alkanes) is 1. The summed E-state index contributed by atoms with van der Waals surface area (Å²) in [5.74, 6) is 0.969. The Morgan fingerprint density at radius 3 is 2.74 bits per heavy atom. The van der Waals surface area contributed by atoms with Gasteiger partial charge in [0, 0.05) is 18.7 Å². The Kier molecular flexibility index (Phi) is 5.25. The Bertz CT molecular complexity index is 747. The van der Waals surface area contributed by atoms with E-state index in [2.05, 4.69) is 27.0 Å². The number of hydrogen-bond donors (Lipinski definition) is 2. The molecule has 2 aromatic heterocycles. The van der Waals surface area contributed by atoms with Crippen LogP contribution in [-0.2, 0) is 17.8 Å². The minimum Gasteiger partial charge on any atom is -0.369 e. The Morgan fingerprint density at radius 2 is 2.17 bits per heavy atom. The SMILES string of the molecule is CCCCn1nc(CC(N)=O)nc1-c1cnc(C(C)C)[nH]c1=O. The fourth-order valence-corrected chi connectivity index (χ4v) is 2.14. The number of nitrogens with two attached hydrogens (primary N) is 1. The highest BCUT2D eigenvalue weighted by atomic mass is 16.1. The zero-order valence-corrected chi connectivity index (χ0v) is 13.7. The zero-order chi connectivity index (χ0) is 17.0. The molecule has 0 atom stereocenters.